The molecule has 2 amide bonds. The minimum Gasteiger partial charge on any atom is -0.481 e. The number of aliphatic hydroxyl groups excluding tert-OH is 1. The lowest BCUT2D eigenvalue weighted by atomic mass is 9.55. The Hall–Kier alpha value is -3.19. The first kappa shape index (κ1) is 39.8. The van der Waals surface area contributed by atoms with Gasteiger partial charge in [-0.05, 0) is 58.0 Å². The molecule has 14 N–H and O–H groups in total. The van der Waals surface area contributed by atoms with Crippen molar-refractivity contribution in [3.63, 3.8) is 0 Å². The van der Waals surface area contributed by atoms with E-state index in [1.165, 1.54) is 0 Å². The van der Waals surface area contributed by atoms with Gasteiger partial charge in [0.15, 0.2) is 17.3 Å². The van der Waals surface area contributed by atoms with Crippen molar-refractivity contribution in [2.24, 2.45) is 40.0 Å². The SMILES string of the molecule is CC(C)CC(N)C(=O)C(CC(=O)O)(C(=O)C1CCCN1)C(C(=O)O)(C(=O)C(N)CCCCN)N(C(=O)CN)C(=O)C(N)C(C)O. The van der Waals surface area contributed by atoms with Gasteiger partial charge in [0.25, 0.3) is 0 Å². The van der Waals surface area contributed by atoms with E-state index in [1.54, 1.807) is 13.8 Å². The molecule has 0 aromatic carbocycles. The predicted molar refractivity (Wildman–Crippen MR) is 160 cm³/mol. The van der Waals surface area contributed by atoms with Gasteiger partial charge in [0.2, 0.25) is 17.4 Å². The molecule has 45 heavy (non-hydrogen) atoms. The number of carboxylic acid groups (broad SMARTS) is 2. The number of carbonyl (C=O) groups excluding carboxylic acids is 5. The molecular weight excluding hydrogens is 594 g/mol. The molecule has 1 heterocycles. The molecule has 0 spiro atoms. The summed E-state index contributed by atoms with van der Waals surface area (Å²) in [6, 6.07) is -7.09. The number of rotatable bonds is 20. The topological polar surface area (TPSA) is 326 Å². The fraction of sp³-hybridized carbons (Fsp3) is 0.750. The zero-order valence-electron chi connectivity index (χ0n) is 26.1. The Kier molecular flexibility index (Phi) is 15.0. The van der Waals surface area contributed by atoms with Crippen molar-refractivity contribution in [2.75, 3.05) is 19.6 Å². The van der Waals surface area contributed by atoms with Gasteiger partial charge in [0.1, 0.15) is 11.5 Å². The Bertz CT molecular complexity index is 1130. The third-order valence-electron chi connectivity index (χ3n) is 8.07. The second-order valence-corrected chi connectivity index (χ2v) is 11.9. The molecule has 0 radical (unpaired) electrons. The van der Waals surface area contributed by atoms with E-state index in [2.05, 4.69) is 5.32 Å². The van der Waals surface area contributed by atoms with E-state index in [0.717, 1.165) is 6.92 Å². The largest absolute Gasteiger partial charge is 0.481 e. The van der Waals surface area contributed by atoms with Crippen molar-refractivity contribution >= 4 is 41.1 Å². The van der Waals surface area contributed by atoms with Crippen molar-refractivity contribution in [3.05, 3.63) is 0 Å². The summed E-state index contributed by atoms with van der Waals surface area (Å²) in [5.41, 5.74) is 22.0. The number of nitrogens with one attached hydrogen (secondary N) is 1. The van der Waals surface area contributed by atoms with Crippen molar-refractivity contribution in [3.8, 4) is 0 Å². The number of unbranched alkanes of at least 4 members (excludes halogenated alkanes) is 1. The Labute approximate surface area is 261 Å². The molecule has 256 valence electrons. The number of hydrogen-bond donors (Lipinski definition) is 9. The highest BCUT2D eigenvalue weighted by atomic mass is 16.4. The number of nitrogens with two attached hydrogens (primary N) is 5. The van der Waals surface area contributed by atoms with Crippen LogP contribution in [0, 0.1) is 11.3 Å². The van der Waals surface area contributed by atoms with Crippen LogP contribution in [0.3, 0.4) is 0 Å². The number of aliphatic hydroxyl groups is 1. The maximum Gasteiger partial charge on any atom is 0.339 e. The van der Waals surface area contributed by atoms with Crippen LogP contribution in [0.1, 0.15) is 65.7 Å². The summed E-state index contributed by atoms with van der Waals surface area (Å²) in [7, 11) is 0. The first-order chi connectivity index (χ1) is 20.9. The standard InChI is InChI=1S/C28H49N7O10/c1-14(2)11-17(32)22(40)27(12-20(38)39,24(42)18-8-6-10-34-18)28(26(44)45,23(41)16(31)7-4-5-9-29)35(19(37)13-30)25(43)21(33)15(3)36/h14-18,21,34,36H,4-13,29-33H2,1-3H3,(H,38,39)(H,44,45). The molecule has 0 aliphatic carbocycles. The monoisotopic (exact) mass is 643 g/mol. The third-order valence-corrected chi connectivity index (χ3v) is 8.07. The summed E-state index contributed by atoms with van der Waals surface area (Å²) in [5.74, 6) is -12.6. The maximum absolute atomic E-state index is 14.7. The fourth-order valence-electron chi connectivity index (χ4n) is 5.87. The molecule has 17 heteroatoms. The number of nitrogens with zero attached hydrogens (tertiary/aromatic N) is 1. The predicted octanol–water partition coefficient (Wildman–Crippen LogP) is -3.42. The van der Waals surface area contributed by atoms with E-state index in [-0.39, 0.29) is 49.6 Å². The molecule has 0 bridgehead atoms. The van der Waals surface area contributed by atoms with Crippen molar-refractivity contribution < 1.29 is 48.9 Å². The van der Waals surface area contributed by atoms with E-state index in [1.807, 2.05) is 0 Å². The molecular formula is C28H49N7O10. The number of hydrogen-bond acceptors (Lipinski definition) is 14. The molecule has 1 rings (SSSR count). The lowest BCUT2D eigenvalue weighted by Crippen LogP contribution is -2.81. The van der Waals surface area contributed by atoms with Gasteiger partial charge >= 0.3 is 11.9 Å². The summed E-state index contributed by atoms with van der Waals surface area (Å²) in [4.78, 5) is 97.8. The van der Waals surface area contributed by atoms with Gasteiger partial charge in [-0.1, -0.05) is 20.3 Å². The molecule has 7 atom stereocenters. The van der Waals surface area contributed by atoms with E-state index in [0.29, 0.717) is 12.8 Å². The highest BCUT2D eigenvalue weighted by molar-refractivity contribution is 6.28. The van der Waals surface area contributed by atoms with Crippen LogP contribution in [0.15, 0.2) is 0 Å². The maximum atomic E-state index is 14.7. The van der Waals surface area contributed by atoms with Crippen LogP contribution in [-0.2, 0) is 33.6 Å². The van der Waals surface area contributed by atoms with Gasteiger partial charge in [-0.15, -0.1) is 0 Å². The van der Waals surface area contributed by atoms with E-state index < -0.39 is 95.3 Å². The van der Waals surface area contributed by atoms with Crippen molar-refractivity contribution in [1.82, 2.24) is 10.2 Å². The number of carboxylic acids is 2. The van der Waals surface area contributed by atoms with Crippen LogP contribution in [0.4, 0.5) is 0 Å². The van der Waals surface area contributed by atoms with Crippen LogP contribution < -0.4 is 34.0 Å². The van der Waals surface area contributed by atoms with Gasteiger partial charge in [-0.3, -0.25) is 33.7 Å². The summed E-state index contributed by atoms with van der Waals surface area (Å²) < 4.78 is 0. The van der Waals surface area contributed by atoms with Crippen molar-refractivity contribution in [1.29, 1.82) is 0 Å². The third kappa shape index (κ3) is 8.16. The number of ketones is 3. The summed E-state index contributed by atoms with van der Waals surface area (Å²) in [6.07, 6.45) is -3.15. The van der Waals surface area contributed by atoms with Crippen LogP contribution >= 0.6 is 0 Å². The van der Waals surface area contributed by atoms with E-state index in [4.69, 9.17) is 28.7 Å². The van der Waals surface area contributed by atoms with Crippen LogP contribution in [0.5, 0.6) is 0 Å². The molecule has 1 aliphatic rings. The molecule has 0 aromatic rings. The van der Waals surface area contributed by atoms with E-state index in [9.17, 15) is 48.9 Å². The number of aliphatic carboxylic acids is 2. The zero-order valence-corrected chi connectivity index (χ0v) is 26.1. The highest BCUT2D eigenvalue weighted by Gasteiger charge is 2.76. The van der Waals surface area contributed by atoms with Gasteiger partial charge in [-0.2, -0.15) is 0 Å². The minimum atomic E-state index is -3.94. The first-order valence-electron chi connectivity index (χ1n) is 14.9. The Morgan fingerprint density at radius 3 is 1.96 bits per heavy atom. The second-order valence-electron chi connectivity index (χ2n) is 11.9. The fourth-order valence-corrected chi connectivity index (χ4v) is 5.87. The lowest BCUT2D eigenvalue weighted by Gasteiger charge is -2.51. The number of carbonyl (C=O) groups is 7. The lowest BCUT2D eigenvalue weighted by molar-refractivity contribution is -0.189. The second kappa shape index (κ2) is 16.9. The zero-order chi connectivity index (χ0) is 34.9. The average Bonchev–Trinajstić information content (AvgIpc) is 3.51. The van der Waals surface area contributed by atoms with E-state index >= 15 is 0 Å². The molecule has 1 fully saturated rings. The quantitative estimate of drug-likeness (QED) is 0.0460. The molecule has 7 unspecified atom stereocenters. The minimum absolute atomic E-state index is 0.00862. The molecule has 0 aromatic heterocycles. The normalized spacial score (nSPS) is 20.3. The smallest absolute Gasteiger partial charge is 0.339 e. The Morgan fingerprint density at radius 1 is 0.933 bits per heavy atom. The number of amides is 2. The Balaban J connectivity index is 4.62. The van der Waals surface area contributed by atoms with Gasteiger partial charge in [-0.25, -0.2) is 4.79 Å². The van der Waals surface area contributed by atoms with Gasteiger partial charge < -0.3 is 49.3 Å². The highest BCUT2D eigenvalue weighted by Crippen LogP contribution is 2.47. The first-order valence-corrected chi connectivity index (χ1v) is 14.9. The summed E-state index contributed by atoms with van der Waals surface area (Å²) in [5, 5.41) is 34.3. The van der Waals surface area contributed by atoms with Gasteiger partial charge in [0.05, 0.1) is 37.2 Å². The van der Waals surface area contributed by atoms with Crippen LogP contribution in [-0.4, -0.2) is 117 Å². The molecule has 1 saturated heterocycles. The van der Waals surface area contributed by atoms with Gasteiger partial charge in [0, 0.05) is 0 Å². The molecule has 17 nitrogen and oxygen atoms in total. The summed E-state index contributed by atoms with van der Waals surface area (Å²) >= 11 is 0. The van der Waals surface area contributed by atoms with Crippen LogP contribution in [0.25, 0.3) is 0 Å². The molecule has 0 saturated carbocycles. The summed E-state index contributed by atoms with van der Waals surface area (Å²) in [6.45, 7) is 3.51. The number of imide groups is 1. The van der Waals surface area contributed by atoms with Crippen LogP contribution in [0.2, 0.25) is 0 Å². The number of Topliss-reactive ketones (excluding diaryl/α,β-unsaturated/α-hetero) is 3. The van der Waals surface area contributed by atoms with Crippen molar-refractivity contribution in [2.45, 2.75) is 102 Å². The Morgan fingerprint density at radius 2 is 1.53 bits per heavy atom. The average molecular weight is 644 g/mol. The molecule has 1 aliphatic heterocycles.